The first kappa shape index (κ1) is 15.2. The number of para-hydroxylation sites is 1. The second kappa shape index (κ2) is 6.29. The number of aromatic nitrogens is 2. The van der Waals surface area contributed by atoms with Gasteiger partial charge in [0.15, 0.2) is 5.75 Å². The molecule has 0 aliphatic rings. The molecule has 4 rings (SSSR count). The van der Waals surface area contributed by atoms with Crippen molar-refractivity contribution in [3.63, 3.8) is 0 Å². The zero-order valence-electron chi connectivity index (χ0n) is 13.9. The van der Waals surface area contributed by atoms with E-state index >= 15 is 0 Å². The third-order valence-electron chi connectivity index (χ3n) is 4.30. The number of hydrogen-bond acceptors (Lipinski definition) is 2. The maximum absolute atomic E-state index is 11.0. The fraction of sp³-hybridized carbons (Fsp3) is 0.0455. The predicted molar refractivity (Wildman–Crippen MR) is 101 cm³/mol. The van der Waals surface area contributed by atoms with Gasteiger partial charge in [0, 0.05) is 11.1 Å². The standard InChI is InChI=1S/C22H18N2O/c1-16-10-8-9-15-19(16)24-21(18-13-6-3-7-14-18)22(25)20(23-24)17-11-4-2-5-12-17/h2-15,25H,1H3. The van der Waals surface area contributed by atoms with Crippen molar-refractivity contribution in [1.82, 2.24) is 9.78 Å². The summed E-state index contributed by atoms with van der Waals surface area (Å²) < 4.78 is 1.84. The molecule has 3 aromatic carbocycles. The van der Waals surface area contributed by atoms with Crippen LogP contribution >= 0.6 is 0 Å². The number of aromatic hydroxyl groups is 1. The van der Waals surface area contributed by atoms with Crippen molar-refractivity contribution in [2.75, 3.05) is 0 Å². The van der Waals surface area contributed by atoms with Crippen molar-refractivity contribution in [3.8, 4) is 34.0 Å². The molecule has 0 saturated heterocycles. The largest absolute Gasteiger partial charge is 0.504 e. The summed E-state index contributed by atoms with van der Waals surface area (Å²) in [7, 11) is 0. The molecule has 1 aromatic heterocycles. The average molecular weight is 326 g/mol. The van der Waals surface area contributed by atoms with E-state index in [1.54, 1.807) is 0 Å². The number of rotatable bonds is 3. The summed E-state index contributed by atoms with van der Waals surface area (Å²) in [5.41, 5.74) is 5.17. The summed E-state index contributed by atoms with van der Waals surface area (Å²) >= 11 is 0. The van der Waals surface area contributed by atoms with E-state index in [9.17, 15) is 5.11 Å². The van der Waals surface area contributed by atoms with Gasteiger partial charge in [-0.05, 0) is 18.6 Å². The molecule has 0 amide bonds. The van der Waals surface area contributed by atoms with E-state index in [0.717, 1.165) is 22.4 Å². The molecule has 1 heterocycles. The quantitative estimate of drug-likeness (QED) is 0.560. The van der Waals surface area contributed by atoms with Crippen LogP contribution in [-0.2, 0) is 0 Å². The Kier molecular flexibility index (Phi) is 3.82. The number of hydrogen-bond donors (Lipinski definition) is 1. The predicted octanol–water partition coefficient (Wildman–Crippen LogP) is 5.22. The molecule has 0 saturated carbocycles. The summed E-state index contributed by atoms with van der Waals surface area (Å²) in [4.78, 5) is 0. The lowest BCUT2D eigenvalue weighted by molar-refractivity contribution is 0.479. The van der Waals surface area contributed by atoms with Gasteiger partial charge in [0.25, 0.3) is 0 Å². The Morgan fingerprint density at radius 1 is 0.720 bits per heavy atom. The Morgan fingerprint density at radius 3 is 1.92 bits per heavy atom. The van der Waals surface area contributed by atoms with Crippen molar-refractivity contribution >= 4 is 0 Å². The topological polar surface area (TPSA) is 38.0 Å². The fourth-order valence-electron chi connectivity index (χ4n) is 3.03. The van der Waals surface area contributed by atoms with E-state index in [-0.39, 0.29) is 5.75 Å². The zero-order chi connectivity index (χ0) is 17.2. The Bertz CT molecular complexity index is 1000. The van der Waals surface area contributed by atoms with E-state index in [1.165, 1.54) is 0 Å². The third-order valence-corrected chi connectivity index (χ3v) is 4.30. The molecule has 0 spiro atoms. The van der Waals surface area contributed by atoms with Gasteiger partial charge in [-0.1, -0.05) is 78.9 Å². The molecule has 0 aliphatic carbocycles. The van der Waals surface area contributed by atoms with Gasteiger partial charge in [-0.25, -0.2) is 4.68 Å². The minimum Gasteiger partial charge on any atom is -0.504 e. The second-order valence-corrected chi connectivity index (χ2v) is 5.98. The van der Waals surface area contributed by atoms with Crippen LogP contribution in [-0.4, -0.2) is 14.9 Å². The zero-order valence-corrected chi connectivity index (χ0v) is 13.9. The van der Waals surface area contributed by atoms with Crippen LogP contribution in [0.15, 0.2) is 84.9 Å². The molecule has 1 N–H and O–H groups in total. The van der Waals surface area contributed by atoms with Gasteiger partial charge in [0.2, 0.25) is 0 Å². The first-order valence-electron chi connectivity index (χ1n) is 8.24. The molecule has 0 bridgehead atoms. The molecular weight excluding hydrogens is 308 g/mol. The van der Waals surface area contributed by atoms with Crippen molar-refractivity contribution in [2.24, 2.45) is 0 Å². The Labute approximate surface area is 146 Å². The molecule has 0 radical (unpaired) electrons. The normalized spacial score (nSPS) is 10.8. The highest BCUT2D eigenvalue weighted by Crippen LogP contribution is 2.39. The van der Waals surface area contributed by atoms with Crippen molar-refractivity contribution in [1.29, 1.82) is 0 Å². The maximum Gasteiger partial charge on any atom is 0.170 e. The molecule has 122 valence electrons. The van der Waals surface area contributed by atoms with Gasteiger partial charge in [-0.15, -0.1) is 0 Å². The SMILES string of the molecule is Cc1ccccc1-n1nc(-c2ccccc2)c(O)c1-c1ccccc1. The second-order valence-electron chi connectivity index (χ2n) is 5.98. The monoisotopic (exact) mass is 326 g/mol. The van der Waals surface area contributed by atoms with E-state index in [0.29, 0.717) is 11.4 Å². The van der Waals surface area contributed by atoms with Crippen LogP contribution in [0.5, 0.6) is 5.75 Å². The van der Waals surface area contributed by atoms with Gasteiger partial charge in [0.05, 0.1) is 5.69 Å². The highest BCUT2D eigenvalue weighted by Gasteiger charge is 2.21. The number of benzene rings is 3. The van der Waals surface area contributed by atoms with Crippen LogP contribution in [0.2, 0.25) is 0 Å². The Hall–Kier alpha value is -3.33. The van der Waals surface area contributed by atoms with Crippen LogP contribution in [0.1, 0.15) is 5.56 Å². The van der Waals surface area contributed by atoms with Gasteiger partial charge >= 0.3 is 0 Å². The summed E-state index contributed by atoms with van der Waals surface area (Å²) in [6.07, 6.45) is 0. The lowest BCUT2D eigenvalue weighted by Gasteiger charge is -2.10. The summed E-state index contributed by atoms with van der Waals surface area (Å²) in [6, 6.07) is 27.7. The molecule has 0 atom stereocenters. The van der Waals surface area contributed by atoms with Crippen LogP contribution in [0.4, 0.5) is 0 Å². The molecule has 25 heavy (non-hydrogen) atoms. The minimum absolute atomic E-state index is 0.195. The summed E-state index contributed by atoms with van der Waals surface area (Å²) in [6.45, 7) is 2.05. The van der Waals surface area contributed by atoms with E-state index in [1.807, 2.05) is 96.5 Å². The van der Waals surface area contributed by atoms with Gasteiger partial charge < -0.3 is 5.11 Å². The van der Waals surface area contributed by atoms with Gasteiger partial charge in [0.1, 0.15) is 11.4 Å². The lowest BCUT2D eigenvalue weighted by Crippen LogP contribution is -2.01. The molecule has 0 aliphatic heterocycles. The minimum atomic E-state index is 0.195. The maximum atomic E-state index is 11.0. The van der Waals surface area contributed by atoms with Crippen LogP contribution in [0.25, 0.3) is 28.2 Å². The van der Waals surface area contributed by atoms with Gasteiger partial charge in [-0.3, -0.25) is 0 Å². The smallest absolute Gasteiger partial charge is 0.170 e. The molecule has 0 unspecified atom stereocenters. The molecule has 0 fully saturated rings. The van der Waals surface area contributed by atoms with E-state index < -0.39 is 0 Å². The fourth-order valence-corrected chi connectivity index (χ4v) is 3.03. The van der Waals surface area contributed by atoms with Gasteiger partial charge in [-0.2, -0.15) is 5.10 Å². The highest BCUT2D eigenvalue weighted by atomic mass is 16.3. The van der Waals surface area contributed by atoms with Crippen LogP contribution < -0.4 is 0 Å². The Balaban J connectivity index is 2.01. The van der Waals surface area contributed by atoms with E-state index in [4.69, 9.17) is 5.10 Å². The van der Waals surface area contributed by atoms with Crippen molar-refractivity contribution < 1.29 is 5.11 Å². The third kappa shape index (κ3) is 2.70. The lowest BCUT2D eigenvalue weighted by atomic mass is 10.1. The first-order valence-corrected chi connectivity index (χ1v) is 8.24. The number of nitrogens with zero attached hydrogens (tertiary/aromatic N) is 2. The van der Waals surface area contributed by atoms with E-state index in [2.05, 4.69) is 0 Å². The van der Waals surface area contributed by atoms with Crippen LogP contribution in [0, 0.1) is 6.92 Å². The highest BCUT2D eigenvalue weighted by molar-refractivity contribution is 5.79. The molecular formula is C22H18N2O. The summed E-state index contributed by atoms with van der Waals surface area (Å²) in [5.74, 6) is 0.195. The average Bonchev–Trinajstić information content (AvgIpc) is 3.00. The first-order chi connectivity index (χ1) is 12.3. The number of aryl methyl sites for hydroxylation is 1. The van der Waals surface area contributed by atoms with Crippen LogP contribution in [0.3, 0.4) is 0 Å². The van der Waals surface area contributed by atoms with Crippen molar-refractivity contribution in [2.45, 2.75) is 6.92 Å². The molecule has 4 aromatic rings. The Morgan fingerprint density at radius 2 is 1.28 bits per heavy atom. The van der Waals surface area contributed by atoms with Crippen molar-refractivity contribution in [3.05, 3.63) is 90.5 Å². The summed E-state index contributed by atoms with van der Waals surface area (Å²) in [5, 5.41) is 15.7. The molecule has 3 nitrogen and oxygen atoms in total. The molecule has 3 heteroatoms.